The van der Waals surface area contributed by atoms with Gasteiger partial charge < -0.3 is 14.4 Å². The van der Waals surface area contributed by atoms with Crippen molar-refractivity contribution in [1.29, 1.82) is 0 Å². The zero-order valence-electron chi connectivity index (χ0n) is 21.8. The molecule has 7 heteroatoms. The van der Waals surface area contributed by atoms with Gasteiger partial charge in [0.15, 0.2) is 0 Å². The summed E-state index contributed by atoms with van der Waals surface area (Å²) in [6.45, 7) is 5.40. The number of aromatic nitrogens is 2. The summed E-state index contributed by atoms with van der Waals surface area (Å²) in [5, 5.41) is 4.75. The first kappa shape index (κ1) is 25.7. The highest BCUT2D eigenvalue weighted by Crippen LogP contribution is 2.33. The van der Waals surface area contributed by atoms with Crippen molar-refractivity contribution in [2.45, 2.75) is 26.3 Å². The molecule has 5 rings (SSSR count). The average Bonchev–Trinajstić information content (AvgIpc) is 2.94. The number of rotatable bonds is 8. The zero-order chi connectivity index (χ0) is 26.5. The standard InChI is InChI=1S/C31H32FN3O3/c1-22-30(27-11-3-4-12-29(27)37-2)28(14-13-23-7-5-9-25(32)19-23)31(36)35(33-22)21-24-8-6-10-26(20-24)34-15-17-38-18-16-34/h3-12,19-20H,13-18,21H2,1-2H3. The molecule has 0 bridgehead atoms. The molecule has 0 amide bonds. The molecule has 196 valence electrons. The number of benzene rings is 3. The third-order valence-electron chi connectivity index (χ3n) is 6.98. The molecule has 3 aromatic carbocycles. The maximum absolute atomic E-state index is 14.0. The predicted octanol–water partition coefficient (Wildman–Crippen LogP) is 5.04. The van der Waals surface area contributed by atoms with Gasteiger partial charge in [0.1, 0.15) is 11.6 Å². The number of morpholine rings is 1. The SMILES string of the molecule is COc1ccccc1-c1c(C)nn(Cc2cccc(N3CCOCC3)c2)c(=O)c1CCc1cccc(F)c1. The van der Waals surface area contributed by atoms with Gasteiger partial charge in [-0.25, -0.2) is 9.07 Å². The minimum Gasteiger partial charge on any atom is -0.496 e. The van der Waals surface area contributed by atoms with E-state index >= 15 is 0 Å². The number of aryl methyl sites for hydroxylation is 2. The fourth-order valence-corrected chi connectivity index (χ4v) is 5.11. The summed E-state index contributed by atoms with van der Waals surface area (Å²) in [6.07, 6.45) is 0.984. The van der Waals surface area contributed by atoms with Crippen LogP contribution in [0.5, 0.6) is 5.75 Å². The van der Waals surface area contributed by atoms with E-state index in [1.54, 1.807) is 17.9 Å². The van der Waals surface area contributed by atoms with E-state index in [0.717, 1.165) is 46.7 Å². The molecule has 1 aliphatic heterocycles. The Labute approximate surface area is 222 Å². The molecular weight excluding hydrogens is 481 g/mol. The van der Waals surface area contributed by atoms with E-state index in [9.17, 15) is 9.18 Å². The zero-order valence-corrected chi connectivity index (χ0v) is 21.8. The fourth-order valence-electron chi connectivity index (χ4n) is 5.11. The fraction of sp³-hybridized carbons (Fsp3) is 0.290. The van der Waals surface area contributed by atoms with E-state index in [4.69, 9.17) is 14.6 Å². The van der Waals surface area contributed by atoms with Gasteiger partial charge in [-0.3, -0.25) is 4.79 Å². The van der Waals surface area contributed by atoms with Gasteiger partial charge in [-0.05, 0) is 61.2 Å². The van der Waals surface area contributed by atoms with Crippen molar-refractivity contribution in [3.8, 4) is 16.9 Å². The van der Waals surface area contributed by atoms with Gasteiger partial charge in [0.2, 0.25) is 0 Å². The van der Waals surface area contributed by atoms with Crippen LogP contribution >= 0.6 is 0 Å². The average molecular weight is 514 g/mol. The van der Waals surface area contributed by atoms with Crippen molar-refractivity contribution >= 4 is 5.69 Å². The first-order valence-electron chi connectivity index (χ1n) is 12.9. The molecule has 0 spiro atoms. The summed E-state index contributed by atoms with van der Waals surface area (Å²) in [5.74, 6) is 0.399. The Hall–Kier alpha value is -3.97. The lowest BCUT2D eigenvalue weighted by atomic mass is 9.94. The van der Waals surface area contributed by atoms with Crippen LogP contribution < -0.4 is 15.2 Å². The smallest absolute Gasteiger partial charge is 0.270 e. The second-order valence-electron chi connectivity index (χ2n) is 9.50. The summed E-state index contributed by atoms with van der Waals surface area (Å²) in [6, 6.07) is 22.4. The van der Waals surface area contributed by atoms with Crippen LogP contribution in [0.2, 0.25) is 0 Å². The van der Waals surface area contributed by atoms with Crippen molar-refractivity contribution < 1.29 is 13.9 Å². The molecule has 38 heavy (non-hydrogen) atoms. The normalized spacial score (nSPS) is 13.5. The van der Waals surface area contributed by atoms with Crippen LogP contribution in [0.4, 0.5) is 10.1 Å². The van der Waals surface area contributed by atoms with E-state index < -0.39 is 0 Å². The van der Waals surface area contributed by atoms with Crippen molar-refractivity contribution in [3.05, 3.63) is 111 Å². The van der Waals surface area contributed by atoms with E-state index in [0.29, 0.717) is 43.9 Å². The van der Waals surface area contributed by atoms with E-state index in [1.807, 2.05) is 49.4 Å². The quantitative estimate of drug-likeness (QED) is 0.331. The molecule has 0 aliphatic carbocycles. The number of nitrogens with zero attached hydrogens (tertiary/aromatic N) is 3. The Balaban J connectivity index is 1.54. The molecule has 2 heterocycles. The Bertz CT molecular complexity index is 1480. The van der Waals surface area contributed by atoms with Crippen LogP contribution in [0.15, 0.2) is 77.6 Å². The highest BCUT2D eigenvalue weighted by atomic mass is 19.1. The third kappa shape index (κ3) is 5.63. The second-order valence-corrected chi connectivity index (χ2v) is 9.50. The summed E-state index contributed by atoms with van der Waals surface area (Å²) in [7, 11) is 1.62. The summed E-state index contributed by atoms with van der Waals surface area (Å²) in [5.41, 5.74) is 5.81. The van der Waals surface area contributed by atoms with Crippen LogP contribution in [0.1, 0.15) is 22.4 Å². The first-order valence-corrected chi connectivity index (χ1v) is 12.9. The van der Waals surface area contributed by atoms with Crippen LogP contribution in [0, 0.1) is 12.7 Å². The Morgan fingerprint density at radius 2 is 1.71 bits per heavy atom. The number of hydrogen-bond donors (Lipinski definition) is 0. The number of halogens is 1. The lowest BCUT2D eigenvalue weighted by Crippen LogP contribution is -2.36. The minimum atomic E-state index is -0.282. The molecule has 0 unspecified atom stereocenters. The molecule has 0 radical (unpaired) electrons. The number of methoxy groups -OCH3 is 1. The van der Waals surface area contributed by atoms with Crippen LogP contribution in [-0.4, -0.2) is 43.2 Å². The van der Waals surface area contributed by atoms with E-state index in [2.05, 4.69) is 17.0 Å². The molecule has 4 aromatic rings. The summed E-state index contributed by atoms with van der Waals surface area (Å²) in [4.78, 5) is 16.2. The monoisotopic (exact) mass is 513 g/mol. The molecule has 1 saturated heterocycles. The highest BCUT2D eigenvalue weighted by Gasteiger charge is 2.20. The molecule has 1 aromatic heterocycles. The third-order valence-corrected chi connectivity index (χ3v) is 6.98. The summed E-state index contributed by atoms with van der Waals surface area (Å²) >= 11 is 0. The second kappa shape index (κ2) is 11.6. The van der Waals surface area contributed by atoms with E-state index in [1.165, 1.54) is 12.1 Å². The highest BCUT2D eigenvalue weighted by molar-refractivity contribution is 5.75. The van der Waals surface area contributed by atoms with Crippen molar-refractivity contribution in [2.24, 2.45) is 0 Å². The number of ether oxygens (including phenoxy) is 2. The Morgan fingerprint density at radius 3 is 2.50 bits per heavy atom. The topological polar surface area (TPSA) is 56.6 Å². The largest absolute Gasteiger partial charge is 0.496 e. The predicted molar refractivity (Wildman–Crippen MR) is 148 cm³/mol. The molecule has 0 saturated carbocycles. The molecular formula is C31H32FN3O3. The number of hydrogen-bond acceptors (Lipinski definition) is 5. The molecule has 6 nitrogen and oxygen atoms in total. The van der Waals surface area contributed by atoms with Crippen LogP contribution in [-0.2, 0) is 24.1 Å². The lowest BCUT2D eigenvalue weighted by molar-refractivity contribution is 0.122. The van der Waals surface area contributed by atoms with Gasteiger partial charge in [-0.1, -0.05) is 42.5 Å². The van der Waals surface area contributed by atoms with Crippen molar-refractivity contribution in [3.63, 3.8) is 0 Å². The number of para-hydroxylation sites is 1. The Kier molecular flexibility index (Phi) is 7.84. The molecule has 1 aliphatic rings. The molecule has 0 N–H and O–H groups in total. The van der Waals surface area contributed by atoms with Gasteiger partial charge in [-0.2, -0.15) is 5.10 Å². The maximum atomic E-state index is 14.0. The number of anilines is 1. The van der Waals surface area contributed by atoms with Gasteiger partial charge in [0.05, 0.1) is 32.6 Å². The molecule has 1 fully saturated rings. The van der Waals surface area contributed by atoms with Gasteiger partial charge in [0, 0.05) is 35.5 Å². The van der Waals surface area contributed by atoms with E-state index in [-0.39, 0.29) is 11.4 Å². The van der Waals surface area contributed by atoms with Gasteiger partial charge in [0.25, 0.3) is 5.56 Å². The molecule has 0 atom stereocenters. The first-order chi connectivity index (χ1) is 18.5. The van der Waals surface area contributed by atoms with Crippen LogP contribution in [0.25, 0.3) is 11.1 Å². The minimum absolute atomic E-state index is 0.148. The Morgan fingerprint density at radius 1 is 0.947 bits per heavy atom. The lowest BCUT2D eigenvalue weighted by Gasteiger charge is -2.29. The van der Waals surface area contributed by atoms with Gasteiger partial charge in [-0.15, -0.1) is 0 Å². The maximum Gasteiger partial charge on any atom is 0.270 e. The van der Waals surface area contributed by atoms with Crippen molar-refractivity contribution in [1.82, 2.24) is 9.78 Å². The van der Waals surface area contributed by atoms with Gasteiger partial charge >= 0.3 is 0 Å². The van der Waals surface area contributed by atoms with Crippen LogP contribution in [0.3, 0.4) is 0 Å². The summed E-state index contributed by atoms with van der Waals surface area (Å²) < 4.78 is 26.5. The van der Waals surface area contributed by atoms with Crippen molar-refractivity contribution in [2.75, 3.05) is 38.3 Å².